The third-order valence-corrected chi connectivity index (χ3v) is 3.81. The van der Waals surface area contributed by atoms with Crippen molar-refractivity contribution in [2.45, 2.75) is 52.9 Å². The molecule has 2 heteroatoms. The zero-order chi connectivity index (χ0) is 10.2. The van der Waals surface area contributed by atoms with E-state index in [1.807, 2.05) is 6.92 Å². The van der Waals surface area contributed by atoms with E-state index in [0.29, 0.717) is 23.9 Å². The Morgan fingerprint density at radius 3 is 2.00 bits per heavy atom. The van der Waals surface area contributed by atoms with Gasteiger partial charge in [0.1, 0.15) is 0 Å². The molecule has 6 unspecified atom stereocenters. The van der Waals surface area contributed by atoms with Gasteiger partial charge in [0.2, 0.25) is 0 Å². The Bertz CT molecular complexity index is 169. The fraction of sp³-hybridized carbons (Fsp3) is 1.00. The van der Waals surface area contributed by atoms with Crippen LogP contribution in [0.25, 0.3) is 0 Å². The maximum absolute atomic E-state index is 5.92. The molecule has 1 saturated heterocycles. The van der Waals surface area contributed by atoms with Gasteiger partial charge < -0.3 is 10.5 Å². The zero-order valence-electron chi connectivity index (χ0n) is 9.45. The van der Waals surface area contributed by atoms with Crippen LogP contribution in [-0.2, 0) is 4.74 Å². The lowest BCUT2D eigenvalue weighted by Gasteiger charge is -2.44. The van der Waals surface area contributed by atoms with Gasteiger partial charge in [-0.25, -0.2) is 0 Å². The van der Waals surface area contributed by atoms with Crippen LogP contribution in [0, 0.1) is 17.8 Å². The first-order valence-electron chi connectivity index (χ1n) is 5.36. The molecule has 1 aliphatic heterocycles. The Hall–Kier alpha value is -0.0800. The molecule has 0 aromatic rings. The van der Waals surface area contributed by atoms with E-state index in [1.165, 1.54) is 0 Å². The molecule has 0 aromatic heterocycles. The van der Waals surface area contributed by atoms with E-state index in [0.717, 1.165) is 0 Å². The zero-order valence-corrected chi connectivity index (χ0v) is 9.45. The normalized spacial score (nSPS) is 48.9. The molecule has 0 saturated carbocycles. The largest absolute Gasteiger partial charge is 0.373 e. The monoisotopic (exact) mass is 185 g/mol. The smallest absolute Gasteiger partial charge is 0.0755 e. The molecular formula is C11H23NO. The third kappa shape index (κ3) is 2.05. The summed E-state index contributed by atoms with van der Waals surface area (Å²) in [5.41, 5.74) is 5.90. The average Bonchev–Trinajstić information content (AvgIpc) is 2.07. The maximum atomic E-state index is 5.92. The SMILES string of the molecule is CC(N)C1OC(C)C(C)C(C)C1C. The molecule has 0 aliphatic carbocycles. The third-order valence-electron chi connectivity index (χ3n) is 3.81. The lowest BCUT2D eigenvalue weighted by atomic mass is 9.75. The highest BCUT2D eigenvalue weighted by Crippen LogP contribution is 2.35. The maximum Gasteiger partial charge on any atom is 0.0755 e. The molecule has 0 radical (unpaired) electrons. The Labute approximate surface area is 81.8 Å². The van der Waals surface area contributed by atoms with Crippen molar-refractivity contribution in [3.05, 3.63) is 0 Å². The molecule has 0 bridgehead atoms. The first-order valence-corrected chi connectivity index (χ1v) is 5.36. The highest BCUT2D eigenvalue weighted by atomic mass is 16.5. The fourth-order valence-corrected chi connectivity index (χ4v) is 2.30. The molecule has 1 aliphatic rings. The molecule has 1 rings (SSSR count). The first-order chi connectivity index (χ1) is 5.95. The topological polar surface area (TPSA) is 35.2 Å². The molecule has 1 heterocycles. The van der Waals surface area contributed by atoms with Crippen molar-refractivity contribution in [3.8, 4) is 0 Å². The average molecular weight is 185 g/mol. The Kier molecular flexibility index (Phi) is 3.36. The predicted octanol–water partition coefficient (Wildman–Crippen LogP) is 2.03. The lowest BCUT2D eigenvalue weighted by Crippen LogP contribution is -2.50. The molecule has 2 nitrogen and oxygen atoms in total. The van der Waals surface area contributed by atoms with Crippen LogP contribution in [0.2, 0.25) is 0 Å². The van der Waals surface area contributed by atoms with Crippen molar-refractivity contribution in [2.24, 2.45) is 23.5 Å². The summed E-state index contributed by atoms with van der Waals surface area (Å²) in [5, 5.41) is 0. The summed E-state index contributed by atoms with van der Waals surface area (Å²) in [5.74, 6) is 1.93. The summed E-state index contributed by atoms with van der Waals surface area (Å²) < 4.78 is 5.92. The fourth-order valence-electron chi connectivity index (χ4n) is 2.30. The van der Waals surface area contributed by atoms with Crippen LogP contribution in [0.4, 0.5) is 0 Å². The lowest BCUT2D eigenvalue weighted by molar-refractivity contribution is -0.131. The minimum absolute atomic E-state index is 0.146. The standard InChI is InChI=1S/C11H23NO/c1-6-7(2)10(5)13-11(8(6)3)9(4)12/h6-11H,12H2,1-5H3. The number of ether oxygens (including phenoxy) is 1. The van der Waals surface area contributed by atoms with Gasteiger partial charge in [0, 0.05) is 6.04 Å². The molecular weight excluding hydrogens is 162 g/mol. The van der Waals surface area contributed by atoms with Gasteiger partial charge in [0.15, 0.2) is 0 Å². The number of hydrogen-bond donors (Lipinski definition) is 1. The van der Waals surface area contributed by atoms with Gasteiger partial charge in [-0.2, -0.15) is 0 Å². The second-order valence-electron chi connectivity index (χ2n) is 4.74. The predicted molar refractivity (Wildman–Crippen MR) is 55.5 cm³/mol. The molecule has 0 amide bonds. The van der Waals surface area contributed by atoms with Gasteiger partial charge in [-0.05, 0) is 31.6 Å². The molecule has 13 heavy (non-hydrogen) atoms. The summed E-state index contributed by atoms with van der Waals surface area (Å²) in [4.78, 5) is 0. The Morgan fingerprint density at radius 1 is 1.00 bits per heavy atom. The minimum atomic E-state index is 0.146. The number of hydrogen-bond acceptors (Lipinski definition) is 2. The van der Waals surface area contributed by atoms with Crippen LogP contribution >= 0.6 is 0 Å². The second-order valence-corrected chi connectivity index (χ2v) is 4.74. The van der Waals surface area contributed by atoms with E-state index in [1.54, 1.807) is 0 Å². The van der Waals surface area contributed by atoms with Crippen LogP contribution in [0.3, 0.4) is 0 Å². The van der Waals surface area contributed by atoms with Crippen molar-refractivity contribution < 1.29 is 4.74 Å². The van der Waals surface area contributed by atoms with Crippen molar-refractivity contribution in [1.82, 2.24) is 0 Å². The van der Waals surface area contributed by atoms with Crippen LogP contribution in [-0.4, -0.2) is 18.2 Å². The summed E-state index contributed by atoms with van der Waals surface area (Å²) in [6.07, 6.45) is 0.586. The van der Waals surface area contributed by atoms with Crippen LogP contribution in [0.15, 0.2) is 0 Å². The summed E-state index contributed by atoms with van der Waals surface area (Å²) in [7, 11) is 0. The van der Waals surface area contributed by atoms with E-state index in [9.17, 15) is 0 Å². The highest BCUT2D eigenvalue weighted by Gasteiger charge is 2.38. The Balaban J connectivity index is 2.70. The van der Waals surface area contributed by atoms with Gasteiger partial charge in [-0.1, -0.05) is 20.8 Å². The van der Waals surface area contributed by atoms with Gasteiger partial charge in [0.25, 0.3) is 0 Å². The van der Waals surface area contributed by atoms with E-state index in [4.69, 9.17) is 10.5 Å². The van der Waals surface area contributed by atoms with Gasteiger partial charge in [-0.15, -0.1) is 0 Å². The van der Waals surface area contributed by atoms with Crippen molar-refractivity contribution >= 4 is 0 Å². The van der Waals surface area contributed by atoms with Crippen LogP contribution in [0.1, 0.15) is 34.6 Å². The molecule has 0 spiro atoms. The molecule has 2 N–H and O–H groups in total. The van der Waals surface area contributed by atoms with E-state index in [-0.39, 0.29) is 12.1 Å². The molecule has 78 valence electrons. The second kappa shape index (κ2) is 3.97. The van der Waals surface area contributed by atoms with Crippen molar-refractivity contribution in [2.75, 3.05) is 0 Å². The van der Waals surface area contributed by atoms with Gasteiger partial charge >= 0.3 is 0 Å². The van der Waals surface area contributed by atoms with Crippen LogP contribution < -0.4 is 5.73 Å². The van der Waals surface area contributed by atoms with Crippen molar-refractivity contribution in [3.63, 3.8) is 0 Å². The molecule has 0 aromatic carbocycles. The number of rotatable bonds is 1. The van der Waals surface area contributed by atoms with E-state index < -0.39 is 0 Å². The van der Waals surface area contributed by atoms with E-state index in [2.05, 4.69) is 27.7 Å². The van der Waals surface area contributed by atoms with Gasteiger partial charge in [-0.3, -0.25) is 0 Å². The van der Waals surface area contributed by atoms with Gasteiger partial charge in [0.05, 0.1) is 12.2 Å². The van der Waals surface area contributed by atoms with Crippen LogP contribution in [0.5, 0.6) is 0 Å². The Morgan fingerprint density at radius 2 is 1.54 bits per heavy atom. The quantitative estimate of drug-likeness (QED) is 0.678. The highest BCUT2D eigenvalue weighted by molar-refractivity contribution is 4.87. The summed E-state index contributed by atoms with van der Waals surface area (Å²) >= 11 is 0. The molecule has 1 fully saturated rings. The summed E-state index contributed by atoms with van der Waals surface area (Å²) in [6, 6.07) is 0.146. The van der Waals surface area contributed by atoms with E-state index >= 15 is 0 Å². The number of nitrogens with two attached hydrogens (primary N) is 1. The minimum Gasteiger partial charge on any atom is -0.373 e. The van der Waals surface area contributed by atoms with Crippen molar-refractivity contribution in [1.29, 1.82) is 0 Å². The summed E-state index contributed by atoms with van der Waals surface area (Å²) in [6.45, 7) is 11.0. The first kappa shape index (κ1) is 11.0. The molecule has 6 atom stereocenters.